The molecular formula is C15H14N4O. The van der Waals surface area contributed by atoms with E-state index in [9.17, 15) is 0 Å². The Bertz CT molecular complexity index is 593. The molecule has 1 aromatic rings. The van der Waals surface area contributed by atoms with Gasteiger partial charge in [-0.1, -0.05) is 13.8 Å². The number of hydrogen-bond donors (Lipinski definition) is 1. The molecule has 0 aliphatic carbocycles. The van der Waals surface area contributed by atoms with E-state index in [1.807, 2.05) is 0 Å². The number of ether oxygens (including phenoxy) is 1. The highest BCUT2D eigenvalue weighted by Crippen LogP contribution is 2.18. The third-order valence-electron chi connectivity index (χ3n) is 2.29. The molecule has 0 unspecified atom stereocenters. The zero-order chi connectivity index (χ0) is 15.0. The second-order valence-electron chi connectivity index (χ2n) is 4.44. The van der Waals surface area contributed by atoms with Crippen molar-refractivity contribution < 1.29 is 4.74 Å². The molecule has 0 bridgehead atoms. The molecule has 0 atom stereocenters. The van der Waals surface area contributed by atoms with Crippen molar-refractivity contribution in [3.8, 4) is 24.0 Å². The summed E-state index contributed by atoms with van der Waals surface area (Å²) < 4.78 is 5.53. The van der Waals surface area contributed by atoms with Crippen LogP contribution in [0, 0.1) is 39.9 Å². The maximum absolute atomic E-state index is 8.92. The molecule has 0 radical (unpaired) electrons. The highest BCUT2D eigenvalue weighted by molar-refractivity contribution is 5.58. The molecule has 5 nitrogen and oxygen atoms in total. The van der Waals surface area contributed by atoms with Gasteiger partial charge in [-0.25, -0.2) is 0 Å². The van der Waals surface area contributed by atoms with Gasteiger partial charge in [0, 0.05) is 5.69 Å². The fourth-order valence-electron chi connectivity index (χ4n) is 1.32. The monoisotopic (exact) mass is 266 g/mol. The summed E-state index contributed by atoms with van der Waals surface area (Å²) in [4.78, 5) is 0. The SMILES string of the molecule is CC(C)COc1ccc(NC(C#N)=C(C#N)C#N)cc1. The van der Waals surface area contributed by atoms with Crippen molar-refractivity contribution in [2.75, 3.05) is 11.9 Å². The maximum atomic E-state index is 8.92. The Kier molecular flexibility index (Phi) is 5.63. The molecule has 0 fully saturated rings. The predicted molar refractivity (Wildman–Crippen MR) is 74.3 cm³/mol. The van der Waals surface area contributed by atoms with E-state index in [0.717, 1.165) is 5.75 Å². The van der Waals surface area contributed by atoms with Crippen LogP contribution in [0.3, 0.4) is 0 Å². The number of hydrogen-bond acceptors (Lipinski definition) is 5. The lowest BCUT2D eigenvalue weighted by atomic mass is 10.2. The Labute approximate surface area is 118 Å². The van der Waals surface area contributed by atoms with Gasteiger partial charge in [-0.05, 0) is 30.2 Å². The van der Waals surface area contributed by atoms with Gasteiger partial charge >= 0.3 is 0 Å². The van der Waals surface area contributed by atoms with Gasteiger partial charge in [-0.15, -0.1) is 0 Å². The molecule has 100 valence electrons. The van der Waals surface area contributed by atoms with Gasteiger partial charge < -0.3 is 10.1 Å². The Morgan fingerprint density at radius 2 is 1.70 bits per heavy atom. The van der Waals surface area contributed by atoms with E-state index in [0.29, 0.717) is 18.2 Å². The number of rotatable bonds is 5. The summed E-state index contributed by atoms with van der Waals surface area (Å²) >= 11 is 0. The minimum Gasteiger partial charge on any atom is -0.493 e. The van der Waals surface area contributed by atoms with Crippen molar-refractivity contribution in [1.29, 1.82) is 15.8 Å². The van der Waals surface area contributed by atoms with Gasteiger partial charge in [0.1, 0.15) is 29.7 Å². The normalized spacial score (nSPS) is 9.00. The molecule has 20 heavy (non-hydrogen) atoms. The molecule has 0 heterocycles. The Balaban J connectivity index is 2.81. The van der Waals surface area contributed by atoms with Gasteiger partial charge in [0.2, 0.25) is 0 Å². The number of nitrogens with zero attached hydrogens (tertiary/aromatic N) is 3. The average molecular weight is 266 g/mol. The summed E-state index contributed by atoms with van der Waals surface area (Å²) in [6, 6.07) is 12.1. The molecule has 1 aromatic carbocycles. The van der Waals surface area contributed by atoms with Gasteiger partial charge in [0.15, 0.2) is 5.57 Å². The van der Waals surface area contributed by atoms with Crippen molar-refractivity contribution >= 4 is 5.69 Å². The van der Waals surface area contributed by atoms with Crippen molar-refractivity contribution in [3.05, 3.63) is 35.5 Å². The van der Waals surface area contributed by atoms with Gasteiger partial charge in [-0.3, -0.25) is 0 Å². The molecule has 0 aromatic heterocycles. The van der Waals surface area contributed by atoms with Crippen LogP contribution >= 0.6 is 0 Å². The lowest BCUT2D eigenvalue weighted by Crippen LogP contribution is -2.04. The van der Waals surface area contributed by atoms with Crippen LogP contribution in [-0.2, 0) is 0 Å². The van der Waals surface area contributed by atoms with Crippen molar-refractivity contribution in [2.45, 2.75) is 13.8 Å². The third-order valence-corrected chi connectivity index (χ3v) is 2.29. The average Bonchev–Trinajstić information content (AvgIpc) is 2.46. The summed E-state index contributed by atoms with van der Waals surface area (Å²) in [6.45, 7) is 4.75. The molecule has 0 amide bonds. The molecular weight excluding hydrogens is 252 g/mol. The fourth-order valence-corrected chi connectivity index (χ4v) is 1.32. The van der Waals surface area contributed by atoms with Crippen LogP contribution in [0.5, 0.6) is 5.75 Å². The van der Waals surface area contributed by atoms with Crippen LogP contribution in [0.15, 0.2) is 35.5 Å². The van der Waals surface area contributed by atoms with Crippen LogP contribution in [0.25, 0.3) is 0 Å². The zero-order valence-corrected chi connectivity index (χ0v) is 11.3. The number of allylic oxidation sites excluding steroid dienone is 2. The van der Waals surface area contributed by atoms with E-state index in [2.05, 4.69) is 19.2 Å². The minimum atomic E-state index is -0.243. The van der Waals surface area contributed by atoms with E-state index in [1.54, 1.807) is 42.5 Å². The second-order valence-corrected chi connectivity index (χ2v) is 4.44. The summed E-state index contributed by atoms with van der Waals surface area (Å²) in [5, 5.41) is 29.1. The van der Waals surface area contributed by atoms with Gasteiger partial charge in [-0.2, -0.15) is 15.8 Å². The number of anilines is 1. The van der Waals surface area contributed by atoms with Crippen molar-refractivity contribution in [3.63, 3.8) is 0 Å². The predicted octanol–water partition coefficient (Wildman–Crippen LogP) is 2.96. The Morgan fingerprint density at radius 3 is 2.15 bits per heavy atom. The van der Waals surface area contributed by atoms with E-state index in [1.165, 1.54) is 0 Å². The standard InChI is InChI=1S/C15H14N4O/c1-11(2)10-20-14-5-3-13(4-6-14)19-15(9-18)12(7-16)8-17/h3-6,11,19H,10H2,1-2H3. The summed E-state index contributed by atoms with van der Waals surface area (Å²) in [7, 11) is 0. The Morgan fingerprint density at radius 1 is 1.10 bits per heavy atom. The van der Waals surface area contributed by atoms with Crippen molar-refractivity contribution in [1.82, 2.24) is 0 Å². The Hall–Kier alpha value is -2.97. The highest BCUT2D eigenvalue weighted by atomic mass is 16.5. The van der Waals surface area contributed by atoms with Gasteiger partial charge in [0.05, 0.1) is 6.61 Å². The number of benzene rings is 1. The fraction of sp³-hybridized carbons (Fsp3) is 0.267. The summed E-state index contributed by atoms with van der Waals surface area (Å²) in [6.07, 6.45) is 0. The first-order valence-corrected chi connectivity index (χ1v) is 6.05. The topological polar surface area (TPSA) is 92.6 Å². The lowest BCUT2D eigenvalue weighted by molar-refractivity contribution is 0.271. The minimum absolute atomic E-state index is 0.0640. The number of nitrogens with one attached hydrogen (secondary N) is 1. The highest BCUT2D eigenvalue weighted by Gasteiger charge is 2.06. The molecule has 0 saturated heterocycles. The van der Waals surface area contributed by atoms with E-state index in [-0.39, 0.29) is 11.3 Å². The molecule has 5 heteroatoms. The molecule has 0 aliphatic heterocycles. The summed E-state index contributed by atoms with van der Waals surface area (Å²) in [5.74, 6) is 1.17. The molecule has 0 spiro atoms. The first kappa shape index (κ1) is 15.1. The van der Waals surface area contributed by atoms with Crippen LogP contribution < -0.4 is 10.1 Å². The van der Waals surface area contributed by atoms with Gasteiger partial charge in [0.25, 0.3) is 0 Å². The smallest absolute Gasteiger partial charge is 0.163 e. The second kappa shape index (κ2) is 7.46. The largest absolute Gasteiger partial charge is 0.493 e. The molecule has 1 N–H and O–H groups in total. The van der Waals surface area contributed by atoms with Crippen LogP contribution in [-0.4, -0.2) is 6.61 Å². The van der Waals surface area contributed by atoms with Crippen LogP contribution in [0.2, 0.25) is 0 Å². The van der Waals surface area contributed by atoms with Crippen molar-refractivity contribution in [2.24, 2.45) is 5.92 Å². The van der Waals surface area contributed by atoms with Crippen LogP contribution in [0.1, 0.15) is 13.8 Å². The molecule has 0 saturated carbocycles. The zero-order valence-electron chi connectivity index (χ0n) is 11.3. The first-order chi connectivity index (χ1) is 9.60. The molecule has 0 aliphatic rings. The number of nitriles is 3. The maximum Gasteiger partial charge on any atom is 0.163 e. The molecule has 1 rings (SSSR count). The van der Waals surface area contributed by atoms with E-state index >= 15 is 0 Å². The first-order valence-electron chi connectivity index (χ1n) is 6.05. The van der Waals surface area contributed by atoms with E-state index < -0.39 is 0 Å². The van der Waals surface area contributed by atoms with E-state index in [4.69, 9.17) is 20.5 Å². The summed E-state index contributed by atoms with van der Waals surface area (Å²) in [5.41, 5.74) is 0.305. The quantitative estimate of drug-likeness (QED) is 0.827. The van der Waals surface area contributed by atoms with Crippen LogP contribution in [0.4, 0.5) is 5.69 Å². The third kappa shape index (κ3) is 4.37. The lowest BCUT2D eigenvalue weighted by Gasteiger charge is -2.09.